The monoisotopic (exact) mass is 900 g/mol. The van der Waals surface area contributed by atoms with E-state index in [-0.39, 0.29) is 48.9 Å². The van der Waals surface area contributed by atoms with Crippen molar-refractivity contribution in [2.45, 2.75) is 84.0 Å². The second-order valence-electron chi connectivity index (χ2n) is 16.9. The molecular weight excluding hydrogens is 837 g/mol. The first-order valence-corrected chi connectivity index (χ1v) is 22.3. The Morgan fingerprint density at radius 1 is 0.615 bits per heavy atom. The normalized spacial score (nSPS) is 17.2. The molecule has 2 aromatic heterocycles. The smallest absolute Gasteiger partial charge is 0.407 e. The van der Waals surface area contributed by atoms with Crippen molar-refractivity contribution in [1.29, 1.82) is 0 Å². The van der Waals surface area contributed by atoms with Gasteiger partial charge in [-0.25, -0.2) is 19.6 Å². The van der Waals surface area contributed by atoms with E-state index in [9.17, 15) is 19.2 Å². The van der Waals surface area contributed by atoms with Gasteiger partial charge in [-0.05, 0) is 67.2 Å². The maximum atomic E-state index is 13.8. The van der Waals surface area contributed by atoms with Crippen LogP contribution < -0.4 is 20.1 Å². The number of hydrogen-bond donors (Lipinski definition) is 4. The number of H-pyrrole nitrogens is 2. The minimum atomic E-state index is -0.754. The van der Waals surface area contributed by atoms with E-state index in [1.54, 1.807) is 31.5 Å². The molecule has 4 amide bonds. The molecule has 2 aliphatic heterocycles. The van der Waals surface area contributed by atoms with Crippen molar-refractivity contribution >= 4 is 24.0 Å². The number of aromatic nitrogens is 4. The Morgan fingerprint density at radius 3 is 1.60 bits per heavy atom. The summed E-state index contributed by atoms with van der Waals surface area (Å²) in [4.78, 5) is 72.0. The summed E-state index contributed by atoms with van der Waals surface area (Å²) in [6.45, 7) is 9.82. The summed E-state index contributed by atoms with van der Waals surface area (Å²) in [5, 5.41) is 5.42. The number of likely N-dealkylation sites (tertiary alicyclic amines) is 2. The Labute approximate surface area is 380 Å². The maximum absolute atomic E-state index is 13.8. The van der Waals surface area contributed by atoms with Gasteiger partial charge >= 0.3 is 12.2 Å². The molecular formula is C47H64N8O10. The molecule has 4 unspecified atom stereocenters. The summed E-state index contributed by atoms with van der Waals surface area (Å²) in [7, 11) is 5.79. The highest BCUT2D eigenvalue weighted by Crippen LogP contribution is 2.46. The fourth-order valence-corrected chi connectivity index (χ4v) is 8.42. The topological polar surface area (TPSA) is 212 Å². The lowest BCUT2D eigenvalue weighted by Gasteiger charge is -2.37. The van der Waals surface area contributed by atoms with E-state index in [0.717, 1.165) is 48.1 Å². The molecule has 0 bridgehead atoms. The van der Waals surface area contributed by atoms with E-state index in [1.807, 2.05) is 69.0 Å². The molecule has 4 aromatic rings. The van der Waals surface area contributed by atoms with Crippen molar-refractivity contribution in [1.82, 2.24) is 40.4 Å². The maximum Gasteiger partial charge on any atom is 0.407 e. The minimum Gasteiger partial charge on any atom is -0.487 e. The van der Waals surface area contributed by atoms with Crippen molar-refractivity contribution in [3.63, 3.8) is 0 Å². The van der Waals surface area contributed by atoms with Gasteiger partial charge in [0.2, 0.25) is 11.8 Å². The number of imidazole rings is 2. The van der Waals surface area contributed by atoms with Gasteiger partial charge < -0.3 is 58.8 Å². The predicted molar refractivity (Wildman–Crippen MR) is 242 cm³/mol. The largest absolute Gasteiger partial charge is 0.487 e. The molecule has 0 aliphatic carbocycles. The lowest BCUT2D eigenvalue weighted by atomic mass is 9.97. The van der Waals surface area contributed by atoms with E-state index in [0.29, 0.717) is 67.1 Å². The number of nitrogens with one attached hydrogen (secondary N) is 4. The van der Waals surface area contributed by atoms with Gasteiger partial charge in [-0.2, -0.15) is 0 Å². The van der Waals surface area contributed by atoms with Gasteiger partial charge in [0, 0.05) is 38.4 Å². The summed E-state index contributed by atoms with van der Waals surface area (Å²) < 4.78 is 33.3. The predicted octanol–water partition coefficient (Wildman–Crippen LogP) is 6.66. The number of alkyl carbamates (subject to hydrolysis) is 2. The molecule has 2 saturated heterocycles. The van der Waals surface area contributed by atoms with Gasteiger partial charge in [-0.1, -0.05) is 52.0 Å². The number of aromatic amines is 2. The molecule has 0 saturated carbocycles. The number of ether oxygens (including phenoxy) is 6. The first kappa shape index (κ1) is 48.3. The van der Waals surface area contributed by atoms with Gasteiger partial charge in [0.15, 0.2) is 11.5 Å². The van der Waals surface area contributed by atoms with Crippen molar-refractivity contribution in [2.75, 3.05) is 68.0 Å². The van der Waals surface area contributed by atoms with E-state index in [1.165, 1.54) is 14.2 Å². The fourth-order valence-electron chi connectivity index (χ4n) is 8.42. The van der Waals surface area contributed by atoms with Gasteiger partial charge in [-0.15, -0.1) is 0 Å². The van der Waals surface area contributed by atoms with E-state index in [4.69, 9.17) is 38.4 Å². The van der Waals surface area contributed by atoms with Crippen LogP contribution in [0.15, 0.2) is 48.8 Å². The lowest BCUT2D eigenvalue weighted by molar-refractivity contribution is -0.138. The third kappa shape index (κ3) is 11.4. The second kappa shape index (κ2) is 22.7. The van der Waals surface area contributed by atoms with E-state index < -0.39 is 24.3 Å². The minimum absolute atomic E-state index is 0.141. The summed E-state index contributed by atoms with van der Waals surface area (Å²) in [6, 6.07) is 9.88. The number of carbonyl (C=O) groups excluding carboxylic acids is 4. The zero-order valence-electron chi connectivity index (χ0n) is 38.7. The quantitative estimate of drug-likeness (QED) is 0.0728. The van der Waals surface area contributed by atoms with E-state index >= 15 is 0 Å². The zero-order chi connectivity index (χ0) is 46.6. The number of rotatable bonds is 19. The van der Waals surface area contributed by atoms with E-state index in [2.05, 4.69) is 20.6 Å². The Kier molecular flexibility index (Phi) is 16.8. The van der Waals surface area contributed by atoms with Gasteiger partial charge in [0.1, 0.15) is 36.9 Å². The Balaban J connectivity index is 1.29. The Hall–Kier alpha value is -6.14. The van der Waals surface area contributed by atoms with Crippen LogP contribution in [-0.2, 0) is 28.5 Å². The molecule has 0 radical (unpaired) electrons. The summed E-state index contributed by atoms with van der Waals surface area (Å²) >= 11 is 0. The second-order valence-corrected chi connectivity index (χ2v) is 16.9. The fraction of sp³-hybridized carbons (Fsp3) is 0.532. The van der Waals surface area contributed by atoms with Crippen LogP contribution in [0.1, 0.15) is 83.5 Å². The molecule has 2 aromatic carbocycles. The van der Waals surface area contributed by atoms with Crippen LogP contribution in [0.4, 0.5) is 9.59 Å². The number of methoxy groups -OCH3 is 4. The molecule has 0 spiro atoms. The number of hydrogen-bond acceptors (Lipinski definition) is 12. The molecule has 2 aliphatic rings. The number of carbonyl (C=O) groups is 4. The van der Waals surface area contributed by atoms with Crippen LogP contribution in [0.5, 0.6) is 11.5 Å². The van der Waals surface area contributed by atoms with Crippen LogP contribution in [0.3, 0.4) is 0 Å². The SMILES string of the molecule is COCCOc1c(-c2ccc(-c3cnc(C4CCCCN4C(=O)C(NC(=O)OC)C(C)C)[nH]3)cc2)ccc(-c2cnc(C3CCCN3C(=O)C(NC(=O)OC)C(C)C)[nH]2)c1OCCOC. The average molecular weight is 901 g/mol. The molecule has 352 valence electrons. The van der Waals surface area contributed by atoms with Crippen LogP contribution in [0, 0.1) is 11.8 Å². The summed E-state index contributed by atoms with van der Waals surface area (Å²) in [5.41, 5.74) is 4.73. The van der Waals surface area contributed by atoms with Crippen molar-refractivity contribution in [3.05, 3.63) is 60.4 Å². The first-order chi connectivity index (χ1) is 31.4. The van der Waals surface area contributed by atoms with Crippen LogP contribution in [0.25, 0.3) is 33.6 Å². The molecule has 4 N–H and O–H groups in total. The number of amides is 4. The number of benzene rings is 2. The highest BCUT2D eigenvalue weighted by Gasteiger charge is 2.39. The highest BCUT2D eigenvalue weighted by atomic mass is 16.6. The van der Waals surface area contributed by atoms with Crippen LogP contribution >= 0.6 is 0 Å². The first-order valence-electron chi connectivity index (χ1n) is 22.3. The summed E-state index contributed by atoms with van der Waals surface area (Å²) in [6.07, 6.45) is 6.24. The number of piperidine rings is 1. The molecule has 18 heteroatoms. The van der Waals surface area contributed by atoms with Crippen molar-refractivity contribution in [3.8, 4) is 45.1 Å². The Morgan fingerprint density at radius 2 is 1.08 bits per heavy atom. The molecule has 4 atom stereocenters. The molecule has 18 nitrogen and oxygen atoms in total. The van der Waals surface area contributed by atoms with Crippen molar-refractivity contribution < 1.29 is 47.6 Å². The average Bonchev–Trinajstić information content (AvgIpc) is 4.12. The van der Waals surface area contributed by atoms with Gasteiger partial charge in [0.05, 0.1) is 63.3 Å². The van der Waals surface area contributed by atoms with Gasteiger partial charge in [0.25, 0.3) is 0 Å². The molecule has 4 heterocycles. The lowest BCUT2D eigenvalue weighted by Crippen LogP contribution is -2.53. The number of nitrogens with zero attached hydrogens (tertiary/aromatic N) is 4. The van der Waals surface area contributed by atoms with Crippen LogP contribution in [0.2, 0.25) is 0 Å². The van der Waals surface area contributed by atoms with Crippen LogP contribution in [-0.4, -0.2) is 134 Å². The zero-order valence-corrected chi connectivity index (χ0v) is 38.7. The molecule has 6 rings (SSSR count). The third-order valence-electron chi connectivity index (χ3n) is 11.9. The standard InChI is InChI=1S/C47H64N8O10/c1-28(2)38(52-46(58)62-7)44(56)54-20-10-9-12-36(54)42-48-26-34(50-42)31-16-14-30(15-17-31)32-18-19-33(41(65-25-23-61-6)40(32)64-24-22-60-5)35-27-49-43(51-35)37-13-11-21-55(37)45(57)39(29(3)4)53-47(59)63-8/h14-19,26-29,36-39H,9-13,20-25H2,1-8H3,(H,48,50)(H,49,51)(H,52,58)(H,53,59). The third-order valence-corrected chi connectivity index (χ3v) is 11.9. The molecule has 65 heavy (non-hydrogen) atoms. The highest BCUT2D eigenvalue weighted by molar-refractivity contribution is 5.87. The van der Waals surface area contributed by atoms with Gasteiger partial charge in [-0.3, -0.25) is 9.59 Å². The van der Waals surface area contributed by atoms with Crippen molar-refractivity contribution in [2.24, 2.45) is 11.8 Å². The molecule has 2 fully saturated rings. The summed E-state index contributed by atoms with van der Waals surface area (Å²) in [5.74, 6) is 1.65. The Bertz CT molecular complexity index is 2220.